The number of aryl methyl sites for hydroxylation is 1. The summed E-state index contributed by atoms with van der Waals surface area (Å²) in [5.41, 5.74) is 1.26. The number of carbonyl (C=O) groups excluding carboxylic acids is 1. The first-order valence-corrected chi connectivity index (χ1v) is 9.75. The van der Waals surface area contributed by atoms with Crippen LogP contribution in [0, 0.1) is 6.92 Å². The summed E-state index contributed by atoms with van der Waals surface area (Å²) in [4.78, 5) is 12.7. The quantitative estimate of drug-likeness (QED) is 0.778. The fourth-order valence-electron chi connectivity index (χ4n) is 2.53. The Balaban J connectivity index is 2.37. The Bertz CT molecular complexity index is 864. The van der Waals surface area contributed by atoms with Gasteiger partial charge >= 0.3 is 0 Å². The summed E-state index contributed by atoms with van der Waals surface area (Å²) in [6, 6.07) is 12.2. The van der Waals surface area contributed by atoms with Gasteiger partial charge in [0.15, 0.2) is 0 Å². The SMILES string of the molecule is COc1ccc(S(=O)(=O)N[C@H](C(=O)NC(C)C)c2ccccc2)cc1C. The van der Waals surface area contributed by atoms with Gasteiger partial charge in [-0.25, -0.2) is 8.42 Å². The molecule has 2 aromatic carbocycles. The van der Waals surface area contributed by atoms with Gasteiger partial charge in [-0.1, -0.05) is 30.3 Å². The number of rotatable bonds is 7. The predicted molar refractivity (Wildman–Crippen MR) is 101 cm³/mol. The molecule has 0 aliphatic heterocycles. The Morgan fingerprint density at radius 2 is 1.73 bits per heavy atom. The molecule has 26 heavy (non-hydrogen) atoms. The smallest absolute Gasteiger partial charge is 0.242 e. The minimum atomic E-state index is -3.90. The van der Waals surface area contributed by atoms with Crippen molar-refractivity contribution in [2.45, 2.75) is 37.8 Å². The number of hydrogen-bond donors (Lipinski definition) is 2. The highest BCUT2D eigenvalue weighted by molar-refractivity contribution is 7.89. The lowest BCUT2D eigenvalue weighted by Crippen LogP contribution is -2.42. The van der Waals surface area contributed by atoms with Crippen LogP contribution in [-0.2, 0) is 14.8 Å². The van der Waals surface area contributed by atoms with Crippen molar-refractivity contribution in [1.29, 1.82) is 0 Å². The van der Waals surface area contributed by atoms with Crippen LogP contribution in [0.5, 0.6) is 5.75 Å². The first kappa shape index (κ1) is 19.9. The molecule has 0 heterocycles. The average molecular weight is 376 g/mol. The number of nitrogens with one attached hydrogen (secondary N) is 2. The molecule has 0 radical (unpaired) electrons. The molecule has 0 fully saturated rings. The van der Waals surface area contributed by atoms with Crippen LogP contribution in [-0.4, -0.2) is 27.5 Å². The number of hydrogen-bond acceptors (Lipinski definition) is 4. The van der Waals surface area contributed by atoms with Crippen molar-refractivity contribution < 1.29 is 17.9 Å². The molecule has 0 saturated heterocycles. The summed E-state index contributed by atoms with van der Waals surface area (Å²) in [7, 11) is -2.38. The topological polar surface area (TPSA) is 84.5 Å². The Morgan fingerprint density at radius 3 is 2.27 bits per heavy atom. The van der Waals surface area contributed by atoms with Gasteiger partial charge in [0.25, 0.3) is 0 Å². The molecule has 0 aromatic heterocycles. The van der Waals surface area contributed by atoms with Crippen LogP contribution in [0.3, 0.4) is 0 Å². The molecule has 2 rings (SSSR count). The highest BCUT2D eigenvalue weighted by Crippen LogP contribution is 2.23. The number of ether oxygens (including phenoxy) is 1. The molecular formula is C19H24N2O4S. The minimum Gasteiger partial charge on any atom is -0.496 e. The highest BCUT2D eigenvalue weighted by atomic mass is 32.2. The van der Waals surface area contributed by atoms with Crippen LogP contribution in [0.4, 0.5) is 0 Å². The van der Waals surface area contributed by atoms with Gasteiger partial charge in [0, 0.05) is 6.04 Å². The van der Waals surface area contributed by atoms with E-state index in [9.17, 15) is 13.2 Å². The van der Waals surface area contributed by atoms with E-state index in [4.69, 9.17) is 4.74 Å². The van der Waals surface area contributed by atoms with Crippen molar-refractivity contribution in [3.05, 3.63) is 59.7 Å². The monoisotopic (exact) mass is 376 g/mol. The van der Waals surface area contributed by atoms with Crippen LogP contribution in [0.15, 0.2) is 53.4 Å². The van der Waals surface area contributed by atoms with Gasteiger partial charge in [-0.15, -0.1) is 0 Å². The van der Waals surface area contributed by atoms with E-state index < -0.39 is 22.0 Å². The minimum absolute atomic E-state index is 0.0779. The second-order valence-electron chi connectivity index (χ2n) is 6.26. The lowest BCUT2D eigenvalue weighted by atomic mass is 10.1. The van der Waals surface area contributed by atoms with Crippen LogP contribution in [0.25, 0.3) is 0 Å². The Morgan fingerprint density at radius 1 is 1.08 bits per heavy atom. The molecule has 7 heteroatoms. The van der Waals surface area contributed by atoms with Gasteiger partial charge in [-0.05, 0) is 50.1 Å². The van der Waals surface area contributed by atoms with E-state index in [0.29, 0.717) is 16.9 Å². The van der Waals surface area contributed by atoms with E-state index in [0.717, 1.165) is 0 Å². The fraction of sp³-hybridized carbons (Fsp3) is 0.316. The summed E-state index contributed by atoms with van der Waals surface area (Å²) >= 11 is 0. The van der Waals surface area contributed by atoms with Gasteiger partial charge < -0.3 is 10.1 Å². The van der Waals surface area contributed by atoms with Crippen molar-refractivity contribution in [3.8, 4) is 5.75 Å². The fourth-order valence-corrected chi connectivity index (χ4v) is 3.80. The largest absolute Gasteiger partial charge is 0.496 e. The van der Waals surface area contributed by atoms with Gasteiger partial charge in [0.05, 0.1) is 12.0 Å². The zero-order valence-corrected chi connectivity index (χ0v) is 16.1. The first-order valence-electron chi connectivity index (χ1n) is 8.27. The molecular weight excluding hydrogens is 352 g/mol. The van der Waals surface area contributed by atoms with Gasteiger partial charge in [-0.2, -0.15) is 4.72 Å². The van der Waals surface area contributed by atoms with Crippen molar-refractivity contribution in [2.75, 3.05) is 7.11 Å². The second-order valence-corrected chi connectivity index (χ2v) is 7.97. The lowest BCUT2D eigenvalue weighted by Gasteiger charge is -2.20. The standard InChI is InChI=1S/C19H24N2O4S/c1-13(2)20-19(22)18(15-8-6-5-7-9-15)21-26(23,24)16-10-11-17(25-4)14(3)12-16/h5-13,18,21H,1-4H3,(H,20,22)/t18-/m0/s1. The summed E-state index contributed by atoms with van der Waals surface area (Å²) < 4.78 is 33.3. The van der Waals surface area contributed by atoms with Crippen molar-refractivity contribution in [2.24, 2.45) is 0 Å². The molecule has 140 valence electrons. The Hall–Kier alpha value is -2.38. The molecule has 0 aliphatic rings. The number of carbonyl (C=O) groups is 1. The Kier molecular flexibility index (Phi) is 6.39. The third-order valence-electron chi connectivity index (χ3n) is 3.78. The van der Waals surface area contributed by atoms with E-state index in [-0.39, 0.29) is 10.9 Å². The molecule has 1 amide bonds. The molecule has 1 atom stereocenters. The molecule has 6 nitrogen and oxygen atoms in total. The van der Waals surface area contributed by atoms with E-state index in [1.165, 1.54) is 19.2 Å². The number of sulfonamides is 1. The van der Waals surface area contributed by atoms with E-state index in [1.807, 2.05) is 19.9 Å². The maximum atomic E-state index is 12.8. The summed E-state index contributed by atoms with van der Waals surface area (Å²) in [5, 5.41) is 2.76. The molecule has 0 unspecified atom stereocenters. The Labute approximate surface area is 154 Å². The first-order chi connectivity index (χ1) is 12.2. The molecule has 0 aliphatic carbocycles. The molecule has 2 aromatic rings. The second kappa shape index (κ2) is 8.33. The maximum absolute atomic E-state index is 12.8. The number of benzene rings is 2. The summed E-state index contributed by atoms with van der Waals surface area (Å²) in [5.74, 6) is 0.195. The van der Waals surface area contributed by atoms with Crippen LogP contribution in [0.2, 0.25) is 0 Å². The van der Waals surface area contributed by atoms with Crippen molar-refractivity contribution in [3.63, 3.8) is 0 Å². The third-order valence-corrected chi connectivity index (χ3v) is 5.20. The lowest BCUT2D eigenvalue weighted by molar-refractivity contribution is -0.123. The average Bonchev–Trinajstić information content (AvgIpc) is 2.59. The van der Waals surface area contributed by atoms with Gasteiger partial charge in [0.2, 0.25) is 15.9 Å². The van der Waals surface area contributed by atoms with E-state index in [1.54, 1.807) is 37.3 Å². The highest BCUT2D eigenvalue weighted by Gasteiger charge is 2.27. The van der Waals surface area contributed by atoms with Crippen LogP contribution < -0.4 is 14.8 Å². The van der Waals surface area contributed by atoms with Gasteiger partial charge in [-0.3, -0.25) is 4.79 Å². The summed E-state index contributed by atoms with van der Waals surface area (Å²) in [6.07, 6.45) is 0. The van der Waals surface area contributed by atoms with Gasteiger partial charge in [0.1, 0.15) is 11.8 Å². The van der Waals surface area contributed by atoms with E-state index in [2.05, 4.69) is 10.0 Å². The van der Waals surface area contributed by atoms with E-state index >= 15 is 0 Å². The predicted octanol–water partition coefficient (Wildman–Crippen LogP) is 2.55. The summed E-state index contributed by atoms with van der Waals surface area (Å²) in [6.45, 7) is 5.40. The number of methoxy groups -OCH3 is 1. The van der Waals surface area contributed by atoms with Crippen LogP contribution in [0.1, 0.15) is 31.0 Å². The zero-order valence-electron chi connectivity index (χ0n) is 15.3. The van der Waals surface area contributed by atoms with Crippen LogP contribution >= 0.6 is 0 Å². The molecule has 0 spiro atoms. The number of amides is 1. The molecule has 2 N–H and O–H groups in total. The normalized spacial score (nSPS) is 12.7. The molecule has 0 bridgehead atoms. The maximum Gasteiger partial charge on any atom is 0.242 e. The third kappa shape index (κ3) is 4.83. The van der Waals surface area contributed by atoms with Crippen molar-refractivity contribution in [1.82, 2.24) is 10.0 Å². The molecule has 0 saturated carbocycles. The van der Waals surface area contributed by atoms with Crippen molar-refractivity contribution >= 4 is 15.9 Å². The zero-order chi connectivity index (χ0) is 19.3.